The molecule has 19 heavy (non-hydrogen) atoms. The highest BCUT2D eigenvalue weighted by Crippen LogP contribution is 2.64. The van der Waals surface area contributed by atoms with Crippen molar-refractivity contribution in [1.82, 2.24) is 0 Å². The van der Waals surface area contributed by atoms with E-state index in [0.717, 1.165) is 0 Å². The molecule has 0 N–H and O–H groups in total. The van der Waals surface area contributed by atoms with Crippen molar-refractivity contribution in [2.24, 2.45) is 9.26 Å². The summed E-state index contributed by atoms with van der Waals surface area (Å²) in [6.07, 6.45) is 1.64. The lowest BCUT2D eigenvalue weighted by Gasteiger charge is -2.24. The highest BCUT2D eigenvalue weighted by Gasteiger charge is 2.26. The molecule has 0 aromatic heterocycles. The van der Waals surface area contributed by atoms with Crippen LogP contribution >= 0.6 is 15.2 Å². The van der Waals surface area contributed by atoms with Gasteiger partial charge < -0.3 is 18.1 Å². The molecule has 0 aliphatic heterocycles. The SMILES string of the molecule is C=CCOP(N=P(C)(OCC)OCC)(=NC)OCC. The van der Waals surface area contributed by atoms with Crippen LogP contribution in [0.15, 0.2) is 21.9 Å². The molecule has 0 saturated carbocycles. The Morgan fingerprint density at radius 3 is 1.89 bits per heavy atom. The number of hydrogen-bond acceptors (Lipinski definition) is 5. The van der Waals surface area contributed by atoms with Crippen molar-refractivity contribution >= 4 is 15.2 Å². The Morgan fingerprint density at radius 2 is 1.53 bits per heavy atom. The summed E-state index contributed by atoms with van der Waals surface area (Å²) in [6.45, 7) is 13.0. The van der Waals surface area contributed by atoms with Crippen LogP contribution < -0.4 is 0 Å². The maximum absolute atomic E-state index is 5.66. The number of hydrogen-bond donors (Lipinski definition) is 0. The van der Waals surface area contributed by atoms with E-state index >= 15 is 0 Å². The molecular weight excluding hydrogens is 286 g/mol. The zero-order chi connectivity index (χ0) is 14.8. The third-order valence-electron chi connectivity index (χ3n) is 1.92. The quantitative estimate of drug-likeness (QED) is 0.439. The van der Waals surface area contributed by atoms with Crippen molar-refractivity contribution in [3.63, 3.8) is 0 Å². The van der Waals surface area contributed by atoms with E-state index in [-0.39, 0.29) is 0 Å². The summed E-state index contributed by atoms with van der Waals surface area (Å²) in [6, 6.07) is 0. The van der Waals surface area contributed by atoms with Crippen molar-refractivity contribution in [2.75, 3.05) is 40.1 Å². The summed E-state index contributed by atoms with van der Waals surface area (Å²) >= 11 is 0. The lowest BCUT2D eigenvalue weighted by molar-refractivity contribution is 0.253. The second kappa shape index (κ2) is 9.87. The van der Waals surface area contributed by atoms with Gasteiger partial charge in [0.05, 0.1) is 26.4 Å². The Labute approximate surface area is 117 Å². The molecule has 6 nitrogen and oxygen atoms in total. The predicted octanol–water partition coefficient (Wildman–Crippen LogP) is 4.54. The topological polar surface area (TPSA) is 61.6 Å². The van der Waals surface area contributed by atoms with Crippen LogP contribution in [0.1, 0.15) is 20.8 Å². The van der Waals surface area contributed by atoms with Gasteiger partial charge in [-0.15, -0.1) is 6.58 Å². The summed E-state index contributed by atoms with van der Waals surface area (Å²) in [4.78, 5) is 0. The van der Waals surface area contributed by atoms with E-state index in [1.54, 1.807) is 13.1 Å². The minimum atomic E-state index is -2.70. The van der Waals surface area contributed by atoms with Gasteiger partial charge >= 0.3 is 7.66 Å². The molecule has 0 spiro atoms. The van der Waals surface area contributed by atoms with Crippen molar-refractivity contribution in [3.05, 3.63) is 12.7 Å². The maximum atomic E-state index is 5.66. The average Bonchev–Trinajstić information content (AvgIpc) is 2.36. The fraction of sp³-hybridized carbons (Fsp3) is 0.818. The third kappa shape index (κ3) is 6.84. The van der Waals surface area contributed by atoms with Crippen LogP contribution in [-0.2, 0) is 18.1 Å². The van der Waals surface area contributed by atoms with Crippen molar-refractivity contribution in [3.8, 4) is 0 Å². The Balaban J connectivity index is 5.49. The summed E-state index contributed by atoms with van der Waals surface area (Å²) in [7, 11) is -3.44. The van der Waals surface area contributed by atoms with E-state index in [0.29, 0.717) is 26.4 Å². The van der Waals surface area contributed by atoms with Gasteiger partial charge in [-0.3, -0.25) is 0 Å². The Kier molecular flexibility index (Phi) is 9.89. The molecule has 0 heterocycles. The second-order valence-corrected chi connectivity index (χ2v) is 8.16. The summed E-state index contributed by atoms with van der Waals surface area (Å²) in [5.41, 5.74) is 0. The third-order valence-corrected chi connectivity index (χ3v) is 7.19. The molecule has 0 fully saturated rings. The van der Waals surface area contributed by atoms with Crippen molar-refractivity contribution < 1.29 is 18.1 Å². The van der Waals surface area contributed by atoms with E-state index in [2.05, 4.69) is 15.8 Å². The van der Waals surface area contributed by atoms with Gasteiger partial charge in [0.25, 0.3) is 0 Å². The fourth-order valence-electron chi connectivity index (χ4n) is 1.34. The van der Waals surface area contributed by atoms with Crippen LogP contribution in [0.4, 0.5) is 0 Å². The first-order chi connectivity index (χ1) is 9.01. The largest absolute Gasteiger partial charge is 0.338 e. The molecule has 1 unspecified atom stereocenters. The second-order valence-electron chi connectivity index (χ2n) is 3.42. The molecule has 0 amide bonds. The van der Waals surface area contributed by atoms with Crippen LogP contribution in [0.5, 0.6) is 0 Å². The Bertz CT molecular complexity index is 362. The zero-order valence-electron chi connectivity index (χ0n) is 12.5. The van der Waals surface area contributed by atoms with Crippen molar-refractivity contribution in [2.45, 2.75) is 20.8 Å². The van der Waals surface area contributed by atoms with Gasteiger partial charge in [-0.1, -0.05) is 6.08 Å². The van der Waals surface area contributed by atoms with E-state index < -0.39 is 15.2 Å². The highest BCUT2D eigenvalue weighted by atomic mass is 31.2. The molecule has 0 rings (SSSR count). The standard InChI is InChI=1S/C11H26N2O4P2/c1-7-11-17-19(12-5,16-10-4)13-18(6,14-8-2)15-9-3/h7H,1,8-11H2,2-6H3. The van der Waals surface area contributed by atoms with Crippen LogP contribution in [-0.4, -0.2) is 40.1 Å². The molecule has 0 aromatic rings. The molecule has 0 aliphatic rings. The summed E-state index contributed by atoms with van der Waals surface area (Å²) < 4.78 is 31.4. The van der Waals surface area contributed by atoms with Crippen LogP contribution in [0.3, 0.4) is 0 Å². The van der Waals surface area contributed by atoms with E-state index in [1.165, 1.54) is 0 Å². The van der Waals surface area contributed by atoms with Crippen LogP contribution in [0.2, 0.25) is 0 Å². The molecule has 1 atom stereocenters. The monoisotopic (exact) mass is 312 g/mol. The predicted molar refractivity (Wildman–Crippen MR) is 81.6 cm³/mol. The molecule has 8 heteroatoms. The van der Waals surface area contributed by atoms with Crippen LogP contribution in [0, 0.1) is 0 Å². The minimum Gasteiger partial charge on any atom is -0.324 e. The lowest BCUT2D eigenvalue weighted by Crippen LogP contribution is -1.99. The van der Waals surface area contributed by atoms with Gasteiger partial charge in [0.2, 0.25) is 7.51 Å². The molecule has 0 saturated heterocycles. The zero-order valence-corrected chi connectivity index (χ0v) is 14.3. The van der Waals surface area contributed by atoms with E-state index in [4.69, 9.17) is 18.1 Å². The normalized spacial score (nSPS) is 14.8. The molecule has 114 valence electrons. The number of rotatable bonds is 10. The molecular formula is C11H26N2O4P2. The minimum absolute atomic E-state index is 0.326. The van der Waals surface area contributed by atoms with Crippen molar-refractivity contribution in [1.29, 1.82) is 0 Å². The first-order valence-electron chi connectivity index (χ1n) is 6.32. The average molecular weight is 312 g/mol. The van der Waals surface area contributed by atoms with Gasteiger partial charge in [-0.2, -0.15) is 4.52 Å². The first-order valence-corrected chi connectivity index (χ1v) is 9.87. The van der Waals surface area contributed by atoms with Gasteiger partial charge in [-0.05, 0) is 20.8 Å². The summed E-state index contributed by atoms with van der Waals surface area (Å²) in [5, 5.41) is 0. The van der Waals surface area contributed by atoms with Gasteiger partial charge in [-0.25, -0.2) is 4.74 Å². The molecule has 0 radical (unpaired) electrons. The van der Waals surface area contributed by atoms with E-state index in [9.17, 15) is 0 Å². The maximum Gasteiger partial charge on any atom is 0.338 e. The number of nitrogens with zero attached hydrogens (tertiary/aromatic N) is 2. The van der Waals surface area contributed by atoms with E-state index in [1.807, 2.05) is 27.4 Å². The molecule has 0 aliphatic carbocycles. The summed E-state index contributed by atoms with van der Waals surface area (Å²) in [5.74, 6) is 0. The fourth-order valence-corrected chi connectivity index (χ4v) is 6.10. The molecule has 0 aromatic carbocycles. The van der Waals surface area contributed by atoms with Gasteiger partial charge in [0, 0.05) is 13.7 Å². The van der Waals surface area contributed by atoms with Crippen LogP contribution in [0.25, 0.3) is 0 Å². The highest BCUT2D eigenvalue weighted by molar-refractivity contribution is 7.67. The van der Waals surface area contributed by atoms with Gasteiger partial charge in [0.15, 0.2) is 0 Å². The Hall–Kier alpha value is 0.0400. The van der Waals surface area contributed by atoms with Gasteiger partial charge in [0.1, 0.15) is 0 Å². The smallest absolute Gasteiger partial charge is 0.324 e. The Morgan fingerprint density at radius 1 is 1.00 bits per heavy atom. The lowest BCUT2D eigenvalue weighted by atomic mass is 10.7. The molecule has 0 bridgehead atoms. The first kappa shape index (κ1) is 19.0.